The average molecular weight is 285 g/mol. The van der Waals surface area contributed by atoms with E-state index >= 15 is 0 Å². The van der Waals surface area contributed by atoms with E-state index in [1.807, 2.05) is 13.8 Å². The summed E-state index contributed by atoms with van der Waals surface area (Å²) >= 11 is 0. The zero-order valence-corrected chi connectivity index (χ0v) is 11.9. The van der Waals surface area contributed by atoms with Gasteiger partial charge < -0.3 is 19.5 Å². The Morgan fingerprint density at radius 3 is 2.45 bits per heavy atom. The summed E-state index contributed by atoms with van der Waals surface area (Å²) in [5.74, 6) is -0.870. The zero-order chi connectivity index (χ0) is 15.0. The number of carbonyl (C=O) groups is 1. The molecule has 0 aliphatic rings. The number of ether oxygens (including phenoxy) is 3. The van der Waals surface area contributed by atoms with Crippen molar-refractivity contribution >= 4 is 5.91 Å². The maximum absolute atomic E-state index is 13.5. The normalized spacial score (nSPS) is 10.7. The van der Waals surface area contributed by atoms with E-state index in [9.17, 15) is 9.18 Å². The van der Waals surface area contributed by atoms with Gasteiger partial charge in [-0.15, -0.1) is 0 Å². The number of carbonyl (C=O) groups excluding carboxylic acids is 1. The van der Waals surface area contributed by atoms with Gasteiger partial charge in [0, 0.05) is 18.8 Å². The van der Waals surface area contributed by atoms with Crippen molar-refractivity contribution < 1.29 is 23.4 Å². The first kappa shape index (κ1) is 16.4. The van der Waals surface area contributed by atoms with Gasteiger partial charge in [-0.1, -0.05) is 0 Å². The second kappa shape index (κ2) is 8.50. The van der Waals surface area contributed by atoms with E-state index in [2.05, 4.69) is 5.32 Å². The summed E-state index contributed by atoms with van der Waals surface area (Å²) in [6.07, 6.45) is -0.503. The Kier molecular flexibility index (Phi) is 6.97. The molecule has 20 heavy (non-hydrogen) atoms. The van der Waals surface area contributed by atoms with Crippen LogP contribution in [0.15, 0.2) is 18.2 Å². The highest BCUT2D eigenvalue weighted by molar-refractivity contribution is 5.94. The third-order valence-electron chi connectivity index (χ3n) is 2.55. The molecule has 0 saturated carbocycles. The number of amides is 1. The molecule has 5 nitrogen and oxygen atoms in total. The van der Waals surface area contributed by atoms with Crippen LogP contribution in [0.5, 0.6) is 5.75 Å². The van der Waals surface area contributed by atoms with Crippen molar-refractivity contribution in [3.63, 3.8) is 0 Å². The molecule has 0 radical (unpaired) electrons. The van der Waals surface area contributed by atoms with Crippen molar-refractivity contribution in [3.05, 3.63) is 29.6 Å². The van der Waals surface area contributed by atoms with E-state index in [4.69, 9.17) is 14.2 Å². The summed E-state index contributed by atoms with van der Waals surface area (Å²) in [6, 6.07) is 4.03. The fourth-order valence-corrected chi connectivity index (χ4v) is 1.62. The third kappa shape index (κ3) is 4.79. The Morgan fingerprint density at radius 2 is 1.95 bits per heavy atom. The van der Waals surface area contributed by atoms with Gasteiger partial charge in [0.1, 0.15) is 0 Å². The van der Waals surface area contributed by atoms with Crippen LogP contribution in [0.1, 0.15) is 24.2 Å². The predicted octanol–water partition coefficient (Wildman–Crippen LogP) is 1.96. The van der Waals surface area contributed by atoms with Crippen LogP contribution >= 0.6 is 0 Å². The van der Waals surface area contributed by atoms with Crippen LogP contribution in [-0.2, 0) is 9.47 Å². The zero-order valence-electron chi connectivity index (χ0n) is 11.9. The maximum atomic E-state index is 13.5. The molecule has 1 aromatic carbocycles. The van der Waals surface area contributed by atoms with Gasteiger partial charge in [-0.05, 0) is 32.0 Å². The summed E-state index contributed by atoms with van der Waals surface area (Å²) in [5, 5.41) is 2.64. The summed E-state index contributed by atoms with van der Waals surface area (Å²) in [5.41, 5.74) is 0.218. The van der Waals surface area contributed by atoms with Crippen LogP contribution in [0.4, 0.5) is 4.39 Å². The molecular formula is C14H20FNO4. The van der Waals surface area contributed by atoms with Crippen LogP contribution < -0.4 is 10.1 Å². The number of benzene rings is 1. The van der Waals surface area contributed by atoms with E-state index in [0.29, 0.717) is 13.2 Å². The van der Waals surface area contributed by atoms with Gasteiger partial charge in [-0.3, -0.25) is 4.79 Å². The van der Waals surface area contributed by atoms with E-state index in [0.717, 1.165) is 6.07 Å². The van der Waals surface area contributed by atoms with Gasteiger partial charge in [0.2, 0.25) is 0 Å². The Hall–Kier alpha value is -1.66. The van der Waals surface area contributed by atoms with Crippen molar-refractivity contribution in [1.29, 1.82) is 0 Å². The van der Waals surface area contributed by atoms with Gasteiger partial charge in [-0.25, -0.2) is 4.39 Å². The van der Waals surface area contributed by atoms with E-state index in [1.54, 1.807) is 0 Å². The molecule has 1 N–H and O–H groups in total. The van der Waals surface area contributed by atoms with E-state index in [1.165, 1.54) is 19.2 Å². The highest BCUT2D eigenvalue weighted by Crippen LogP contribution is 2.17. The first-order valence-electron chi connectivity index (χ1n) is 6.47. The van der Waals surface area contributed by atoms with Crippen LogP contribution in [0.3, 0.4) is 0 Å². The second-order valence-electron chi connectivity index (χ2n) is 3.90. The molecule has 6 heteroatoms. The topological polar surface area (TPSA) is 56.8 Å². The molecule has 0 unspecified atom stereocenters. The lowest BCUT2D eigenvalue weighted by Gasteiger charge is -2.17. The molecular weight excluding hydrogens is 265 g/mol. The lowest BCUT2D eigenvalue weighted by Crippen LogP contribution is -2.35. The fraction of sp³-hybridized carbons (Fsp3) is 0.500. The minimum Gasteiger partial charge on any atom is -0.494 e. The Morgan fingerprint density at radius 1 is 1.30 bits per heavy atom. The van der Waals surface area contributed by atoms with Crippen LogP contribution in [-0.4, -0.2) is 39.1 Å². The quantitative estimate of drug-likeness (QED) is 0.742. The second-order valence-corrected chi connectivity index (χ2v) is 3.90. The van der Waals surface area contributed by atoms with Gasteiger partial charge in [0.05, 0.1) is 13.7 Å². The van der Waals surface area contributed by atoms with Crippen molar-refractivity contribution in [2.24, 2.45) is 0 Å². The third-order valence-corrected chi connectivity index (χ3v) is 2.55. The lowest BCUT2D eigenvalue weighted by molar-refractivity contribution is -0.131. The Labute approximate surface area is 118 Å². The van der Waals surface area contributed by atoms with Crippen molar-refractivity contribution in [2.75, 3.05) is 26.9 Å². The maximum Gasteiger partial charge on any atom is 0.251 e. The van der Waals surface area contributed by atoms with E-state index in [-0.39, 0.29) is 17.9 Å². The standard InChI is InChI=1S/C14H20FNO4/c1-4-19-13(20-5-2)9-16-14(17)10-6-7-12(18-3)11(15)8-10/h6-8,13H,4-5,9H2,1-3H3,(H,16,17). The molecule has 0 heterocycles. The number of nitrogens with one attached hydrogen (secondary N) is 1. The minimum absolute atomic E-state index is 0.100. The molecule has 1 aromatic rings. The van der Waals surface area contributed by atoms with E-state index < -0.39 is 18.0 Å². The van der Waals surface area contributed by atoms with Gasteiger partial charge in [0.15, 0.2) is 17.9 Å². The number of hydrogen-bond acceptors (Lipinski definition) is 4. The highest BCUT2D eigenvalue weighted by atomic mass is 19.1. The summed E-state index contributed by atoms with van der Waals surface area (Å²) in [7, 11) is 1.37. The molecule has 0 aliphatic carbocycles. The largest absolute Gasteiger partial charge is 0.494 e. The Balaban J connectivity index is 2.59. The SMILES string of the molecule is CCOC(CNC(=O)c1ccc(OC)c(F)c1)OCC. The molecule has 0 fully saturated rings. The number of halogens is 1. The fourth-order valence-electron chi connectivity index (χ4n) is 1.62. The van der Waals surface area contributed by atoms with Crippen LogP contribution in [0.25, 0.3) is 0 Å². The summed E-state index contributed by atoms with van der Waals surface area (Å²) in [6.45, 7) is 4.85. The lowest BCUT2D eigenvalue weighted by atomic mass is 10.2. The minimum atomic E-state index is -0.577. The summed E-state index contributed by atoms with van der Waals surface area (Å²) in [4.78, 5) is 11.9. The summed E-state index contributed by atoms with van der Waals surface area (Å²) < 4.78 is 28.9. The molecule has 112 valence electrons. The van der Waals surface area contributed by atoms with Gasteiger partial charge >= 0.3 is 0 Å². The highest BCUT2D eigenvalue weighted by Gasteiger charge is 2.13. The van der Waals surface area contributed by atoms with Gasteiger partial charge in [0.25, 0.3) is 5.91 Å². The van der Waals surface area contributed by atoms with Crippen LogP contribution in [0.2, 0.25) is 0 Å². The number of rotatable bonds is 8. The molecule has 0 aliphatic heterocycles. The van der Waals surface area contributed by atoms with Crippen molar-refractivity contribution in [3.8, 4) is 5.75 Å². The molecule has 1 amide bonds. The molecule has 0 saturated heterocycles. The van der Waals surface area contributed by atoms with Crippen molar-refractivity contribution in [1.82, 2.24) is 5.32 Å². The number of hydrogen-bond donors (Lipinski definition) is 1. The molecule has 0 spiro atoms. The molecule has 1 rings (SSSR count). The monoisotopic (exact) mass is 285 g/mol. The predicted molar refractivity (Wildman–Crippen MR) is 72.3 cm³/mol. The number of methoxy groups -OCH3 is 1. The molecule has 0 bridgehead atoms. The van der Waals surface area contributed by atoms with Crippen LogP contribution in [0, 0.1) is 5.82 Å². The molecule has 0 atom stereocenters. The Bertz CT molecular complexity index is 433. The molecule has 0 aromatic heterocycles. The van der Waals surface area contributed by atoms with Crippen molar-refractivity contribution in [2.45, 2.75) is 20.1 Å². The average Bonchev–Trinajstić information content (AvgIpc) is 2.44. The van der Waals surface area contributed by atoms with Gasteiger partial charge in [-0.2, -0.15) is 0 Å². The first-order valence-corrected chi connectivity index (χ1v) is 6.47. The smallest absolute Gasteiger partial charge is 0.251 e. The first-order chi connectivity index (χ1) is 9.62.